The second-order valence-corrected chi connectivity index (χ2v) is 4.94. The summed E-state index contributed by atoms with van der Waals surface area (Å²) in [5.74, 6) is 0.564. The fraction of sp³-hybridized carbons (Fsp3) is 0.250. The van der Waals surface area contributed by atoms with Crippen molar-refractivity contribution in [2.75, 3.05) is 4.90 Å². The van der Waals surface area contributed by atoms with Gasteiger partial charge in [0, 0.05) is 11.7 Å². The van der Waals surface area contributed by atoms with Gasteiger partial charge in [0.1, 0.15) is 0 Å². The Morgan fingerprint density at radius 3 is 2.83 bits per heavy atom. The molecule has 1 aliphatic rings. The molecule has 0 saturated carbocycles. The lowest BCUT2D eigenvalue weighted by molar-refractivity contribution is 0.744. The van der Waals surface area contributed by atoms with Crippen LogP contribution in [-0.4, -0.2) is 21.2 Å². The lowest BCUT2D eigenvalue weighted by atomic mass is 10.1. The van der Waals surface area contributed by atoms with Crippen molar-refractivity contribution in [3.05, 3.63) is 40.3 Å². The van der Waals surface area contributed by atoms with E-state index in [9.17, 15) is 0 Å². The maximum absolute atomic E-state index is 6.07. The highest BCUT2D eigenvalue weighted by Gasteiger charge is 2.29. The number of anilines is 2. The molecular weight excluding hydrogens is 271 g/mol. The van der Waals surface area contributed by atoms with E-state index >= 15 is 0 Å². The van der Waals surface area contributed by atoms with E-state index in [0.717, 1.165) is 12.1 Å². The summed E-state index contributed by atoms with van der Waals surface area (Å²) in [6, 6.07) is 8.45. The Morgan fingerprint density at radius 1 is 1.22 bits per heavy atom. The molecule has 2 heterocycles. The van der Waals surface area contributed by atoms with Gasteiger partial charge in [-0.15, -0.1) is 10.2 Å². The number of aromatic nitrogens is 3. The van der Waals surface area contributed by atoms with Gasteiger partial charge >= 0.3 is 0 Å². The number of fused-ring (bicyclic) bond motifs is 1. The molecule has 92 valence electrons. The van der Waals surface area contributed by atoms with Crippen molar-refractivity contribution in [1.29, 1.82) is 0 Å². The Hall–Kier alpha value is -1.39. The Kier molecular flexibility index (Phi) is 2.84. The number of nitrogens with zero attached hydrogens (tertiary/aromatic N) is 4. The minimum absolute atomic E-state index is 0.103. The van der Waals surface area contributed by atoms with Crippen molar-refractivity contribution < 1.29 is 0 Å². The molecule has 1 aromatic carbocycles. The van der Waals surface area contributed by atoms with Crippen LogP contribution in [0.15, 0.2) is 24.3 Å². The molecule has 18 heavy (non-hydrogen) atoms. The van der Waals surface area contributed by atoms with Gasteiger partial charge in [0.25, 0.3) is 0 Å². The number of halogens is 2. The highest BCUT2D eigenvalue weighted by atomic mass is 35.5. The van der Waals surface area contributed by atoms with Crippen LogP contribution in [0.1, 0.15) is 12.5 Å². The molecule has 0 bridgehead atoms. The maximum Gasteiger partial charge on any atom is 0.245 e. The maximum atomic E-state index is 6.07. The third-order valence-corrected chi connectivity index (χ3v) is 3.44. The Bertz CT molecular complexity index is 602. The van der Waals surface area contributed by atoms with Gasteiger partial charge < -0.3 is 4.90 Å². The van der Waals surface area contributed by atoms with E-state index in [0.29, 0.717) is 5.82 Å². The summed E-state index contributed by atoms with van der Waals surface area (Å²) in [7, 11) is 0. The molecule has 1 unspecified atom stereocenters. The second kappa shape index (κ2) is 4.37. The SMILES string of the molecule is CC1Cc2ccccc2N1c1nc(Cl)nnc1Cl. The van der Waals surface area contributed by atoms with Crippen molar-refractivity contribution in [3.63, 3.8) is 0 Å². The zero-order valence-electron chi connectivity index (χ0n) is 9.64. The van der Waals surface area contributed by atoms with Crippen LogP contribution in [0.2, 0.25) is 10.4 Å². The largest absolute Gasteiger partial charge is 0.320 e. The molecule has 0 fully saturated rings. The quantitative estimate of drug-likeness (QED) is 0.804. The average molecular weight is 281 g/mol. The van der Waals surface area contributed by atoms with Crippen LogP contribution in [-0.2, 0) is 6.42 Å². The first-order valence-electron chi connectivity index (χ1n) is 5.59. The van der Waals surface area contributed by atoms with Crippen molar-refractivity contribution in [3.8, 4) is 0 Å². The summed E-state index contributed by atoms with van der Waals surface area (Å²) >= 11 is 11.9. The zero-order chi connectivity index (χ0) is 12.7. The predicted molar refractivity (Wildman–Crippen MR) is 71.6 cm³/mol. The smallest absolute Gasteiger partial charge is 0.245 e. The standard InChI is InChI=1S/C12H10Cl2N4/c1-7-6-8-4-2-3-5-9(8)18(7)11-10(13)16-17-12(14)15-11/h2-5,7H,6H2,1H3. The van der Waals surface area contributed by atoms with E-state index in [1.807, 2.05) is 18.2 Å². The van der Waals surface area contributed by atoms with Gasteiger partial charge in [-0.05, 0) is 36.6 Å². The van der Waals surface area contributed by atoms with Gasteiger partial charge in [-0.2, -0.15) is 4.98 Å². The summed E-state index contributed by atoms with van der Waals surface area (Å²) in [5, 5.41) is 7.82. The van der Waals surface area contributed by atoms with Gasteiger partial charge in [-0.25, -0.2) is 0 Å². The first kappa shape index (κ1) is 11.7. The zero-order valence-corrected chi connectivity index (χ0v) is 11.2. The van der Waals surface area contributed by atoms with Crippen molar-refractivity contribution in [2.45, 2.75) is 19.4 Å². The van der Waals surface area contributed by atoms with Crippen molar-refractivity contribution in [2.24, 2.45) is 0 Å². The molecule has 0 N–H and O–H groups in total. The van der Waals surface area contributed by atoms with Gasteiger partial charge in [-0.1, -0.05) is 29.8 Å². The molecule has 1 aliphatic heterocycles. The Balaban J connectivity index is 2.14. The molecule has 3 rings (SSSR count). The number of hydrogen-bond acceptors (Lipinski definition) is 4. The van der Waals surface area contributed by atoms with E-state index in [4.69, 9.17) is 23.2 Å². The van der Waals surface area contributed by atoms with Crippen LogP contribution >= 0.6 is 23.2 Å². The Morgan fingerprint density at radius 2 is 2.00 bits per heavy atom. The molecule has 0 aliphatic carbocycles. The van der Waals surface area contributed by atoms with Crippen LogP contribution in [0.3, 0.4) is 0 Å². The van der Waals surface area contributed by atoms with Crippen LogP contribution in [0.5, 0.6) is 0 Å². The minimum atomic E-state index is 0.103. The third-order valence-electron chi connectivity index (χ3n) is 3.04. The average Bonchev–Trinajstić information content (AvgIpc) is 2.68. The molecule has 0 saturated heterocycles. The van der Waals surface area contributed by atoms with Gasteiger partial charge in [0.05, 0.1) is 0 Å². The molecule has 4 nitrogen and oxygen atoms in total. The molecule has 0 spiro atoms. The molecule has 1 aromatic heterocycles. The van der Waals surface area contributed by atoms with E-state index in [1.165, 1.54) is 5.56 Å². The molecule has 0 amide bonds. The van der Waals surface area contributed by atoms with Crippen LogP contribution in [0, 0.1) is 0 Å². The fourth-order valence-electron chi connectivity index (χ4n) is 2.33. The lowest BCUT2D eigenvalue weighted by Crippen LogP contribution is -2.25. The summed E-state index contributed by atoms with van der Waals surface area (Å²) in [6.45, 7) is 2.12. The van der Waals surface area contributed by atoms with Gasteiger partial charge in [0.2, 0.25) is 5.28 Å². The number of hydrogen-bond donors (Lipinski definition) is 0. The Labute approximate surface area is 115 Å². The summed E-state index contributed by atoms with van der Waals surface area (Å²) < 4.78 is 0. The van der Waals surface area contributed by atoms with E-state index in [1.54, 1.807) is 0 Å². The van der Waals surface area contributed by atoms with E-state index < -0.39 is 0 Å². The van der Waals surface area contributed by atoms with Crippen LogP contribution < -0.4 is 4.90 Å². The summed E-state index contributed by atoms with van der Waals surface area (Å²) in [5.41, 5.74) is 2.37. The van der Waals surface area contributed by atoms with Gasteiger partial charge in [0.15, 0.2) is 11.0 Å². The summed E-state index contributed by atoms with van der Waals surface area (Å²) in [4.78, 5) is 6.24. The predicted octanol–water partition coefficient (Wildman–Crippen LogP) is 3.26. The minimum Gasteiger partial charge on any atom is -0.320 e. The van der Waals surface area contributed by atoms with Crippen molar-refractivity contribution in [1.82, 2.24) is 15.2 Å². The number of para-hydroxylation sites is 1. The van der Waals surface area contributed by atoms with Gasteiger partial charge in [-0.3, -0.25) is 0 Å². The van der Waals surface area contributed by atoms with E-state index in [2.05, 4.69) is 33.1 Å². The van der Waals surface area contributed by atoms with Crippen LogP contribution in [0.25, 0.3) is 0 Å². The highest BCUT2D eigenvalue weighted by Crippen LogP contribution is 2.39. The highest BCUT2D eigenvalue weighted by molar-refractivity contribution is 6.32. The first-order chi connectivity index (χ1) is 8.66. The third kappa shape index (κ3) is 1.82. The topological polar surface area (TPSA) is 41.9 Å². The fourth-order valence-corrected chi connectivity index (χ4v) is 2.62. The molecule has 6 heteroatoms. The summed E-state index contributed by atoms with van der Waals surface area (Å²) in [6.07, 6.45) is 0.953. The van der Waals surface area contributed by atoms with E-state index in [-0.39, 0.29) is 16.5 Å². The molecule has 2 aromatic rings. The molecule has 0 radical (unpaired) electrons. The second-order valence-electron chi connectivity index (χ2n) is 4.25. The normalized spacial score (nSPS) is 17.9. The first-order valence-corrected chi connectivity index (χ1v) is 6.35. The number of benzene rings is 1. The van der Waals surface area contributed by atoms with Crippen molar-refractivity contribution >= 4 is 34.7 Å². The van der Waals surface area contributed by atoms with Crippen LogP contribution in [0.4, 0.5) is 11.5 Å². The lowest BCUT2D eigenvalue weighted by Gasteiger charge is -2.23. The number of rotatable bonds is 1. The monoisotopic (exact) mass is 280 g/mol. The molecular formula is C12H10Cl2N4. The molecule has 1 atom stereocenters.